The van der Waals surface area contributed by atoms with Crippen LogP contribution in [0.15, 0.2) is 0 Å². The molecule has 0 bridgehead atoms. The maximum atomic E-state index is 5.54. The van der Waals surface area contributed by atoms with Crippen molar-refractivity contribution in [3.63, 3.8) is 0 Å². The van der Waals surface area contributed by atoms with E-state index >= 15 is 0 Å². The minimum Gasteiger partial charge on any atom is -0.333 e. The number of aromatic nitrogens is 2. The van der Waals surface area contributed by atoms with Gasteiger partial charge in [0.05, 0.1) is 5.69 Å². The van der Waals surface area contributed by atoms with Crippen molar-refractivity contribution in [2.24, 2.45) is 5.73 Å². The highest BCUT2D eigenvalue weighted by molar-refractivity contribution is 7.71. The summed E-state index contributed by atoms with van der Waals surface area (Å²) in [6.45, 7) is 2.15. The molecule has 1 aromatic rings. The second kappa shape index (κ2) is 2.93. The van der Waals surface area contributed by atoms with Gasteiger partial charge in [-0.1, -0.05) is 0 Å². The van der Waals surface area contributed by atoms with E-state index in [0.717, 1.165) is 24.5 Å². The van der Waals surface area contributed by atoms with Crippen molar-refractivity contribution in [3.8, 4) is 0 Å². The molecule has 0 aromatic carbocycles. The van der Waals surface area contributed by atoms with E-state index in [1.165, 1.54) is 5.56 Å². The van der Waals surface area contributed by atoms with Crippen molar-refractivity contribution < 1.29 is 0 Å². The standard InChI is InChI=1S/C7H10N4S/c8-1-5-4-2-9-3-6(4)11-7(12)10-5/h9H,1-3,8H2,(H,10,11,12). The van der Waals surface area contributed by atoms with Gasteiger partial charge in [-0.05, 0) is 12.2 Å². The van der Waals surface area contributed by atoms with Crippen LogP contribution in [-0.2, 0) is 19.6 Å². The minimum absolute atomic E-state index is 0.461. The summed E-state index contributed by atoms with van der Waals surface area (Å²) in [4.78, 5) is 7.21. The zero-order valence-corrected chi connectivity index (χ0v) is 7.37. The van der Waals surface area contributed by atoms with E-state index in [1.54, 1.807) is 0 Å². The lowest BCUT2D eigenvalue weighted by atomic mass is 10.2. The molecule has 0 saturated heterocycles. The van der Waals surface area contributed by atoms with Crippen molar-refractivity contribution in [2.75, 3.05) is 0 Å². The van der Waals surface area contributed by atoms with Crippen LogP contribution in [-0.4, -0.2) is 9.97 Å². The first-order chi connectivity index (χ1) is 5.81. The molecule has 64 valence electrons. The molecule has 2 rings (SSSR count). The monoisotopic (exact) mass is 182 g/mol. The summed E-state index contributed by atoms with van der Waals surface area (Å²) in [5.74, 6) is 0. The van der Waals surface area contributed by atoms with Gasteiger partial charge in [-0.3, -0.25) is 0 Å². The highest BCUT2D eigenvalue weighted by Gasteiger charge is 2.14. The van der Waals surface area contributed by atoms with Crippen molar-refractivity contribution >= 4 is 12.2 Å². The Morgan fingerprint density at radius 1 is 1.50 bits per heavy atom. The fourth-order valence-corrected chi connectivity index (χ4v) is 1.67. The highest BCUT2D eigenvalue weighted by atomic mass is 32.1. The Balaban J connectivity index is 2.62. The van der Waals surface area contributed by atoms with E-state index in [2.05, 4.69) is 15.3 Å². The molecule has 0 saturated carbocycles. The van der Waals surface area contributed by atoms with Crippen LogP contribution in [0.4, 0.5) is 0 Å². The van der Waals surface area contributed by atoms with Crippen LogP contribution in [0.2, 0.25) is 0 Å². The summed E-state index contributed by atoms with van der Waals surface area (Å²) in [5, 5.41) is 3.22. The molecule has 1 aliphatic rings. The number of nitrogens with zero attached hydrogens (tertiary/aromatic N) is 1. The summed E-state index contributed by atoms with van der Waals surface area (Å²) in [6.07, 6.45) is 0. The van der Waals surface area contributed by atoms with Gasteiger partial charge in [-0.15, -0.1) is 0 Å². The van der Waals surface area contributed by atoms with Crippen molar-refractivity contribution in [1.82, 2.24) is 15.3 Å². The number of hydrogen-bond donors (Lipinski definition) is 3. The molecule has 0 fully saturated rings. The molecule has 12 heavy (non-hydrogen) atoms. The van der Waals surface area contributed by atoms with Gasteiger partial charge in [0.1, 0.15) is 0 Å². The van der Waals surface area contributed by atoms with Gasteiger partial charge in [0.25, 0.3) is 0 Å². The van der Waals surface area contributed by atoms with Crippen LogP contribution >= 0.6 is 12.2 Å². The average Bonchev–Trinajstić information content (AvgIpc) is 2.50. The Bertz CT molecular complexity index is 357. The molecule has 4 nitrogen and oxygen atoms in total. The Hall–Kier alpha value is -0.780. The molecular formula is C7H10N4S. The predicted molar refractivity (Wildman–Crippen MR) is 47.9 cm³/mol. The van der Waals surface area contributed by atoms with Crippen LogP contribution in [0.5, 0.6) is 0 Å². The summed E-state index contributed by atoms with van der Waals surface area (Å²) in [7, 11) is 0. The topological polar surface area (TPSA) is 66.7 Å². The van der Waals surface area contributed by atoms with E-state index in [0.29, 0.717) is 11.3 Å². The van der Waals surface area contributed by atoms with Gasteiger partial charge < -0.3 is 16.0 Å². The van der Waals surface area contributed by atoms with E-state index in [-0.39, 0.29) is 0 Å². The molecule has 0 aliphatic carbocycles. The number of aromatic amines is 1. The first kappa shape index (κ1) is 7.85. The summed E-state index contributed by atoms with van der Waals surface area (Å²) in [6, 6.07) is 0. The second-order valence-corrected chi connectivity index (χ2v) is 3.14. The summed E-state index contributed by atoms with van der Waals surface area (Å²) < 4.78 is 0.526. The molecule has 4 N–H and O–H groups in total. The lowest BCUT2D eigenvalue weighted by molar-refractivity contribution is 0.755. The molecule has 5 heteroatoms. The minimum atomic E-state index is 0.461. The fourth-order valence-electron chi connectivity index (χ4n) is 1.44. The Morgan fingerprint density at radius 3 is 3.08 bits per heavy atom. The van der Waals surface area contributed by atoms with Gasteiger partial charge in [0, 0.05) is 30.9 Å². The van der Waals surface area contributed by atoms with Crippen molar-refractivity contribution in [1.29, 1.82) is 0 Å². The molecule has 1 aliphatic heterocycles. The lowest BCUT2D eigenvalue weighted by Crippen LogP contribution is -2.07. The zero-order chi connectivity index (χ0) is 8.55. The molecule has 0 unspecified atom stereocenters. The second-order valence-electron chi connectivity index (χ2n) is 2.75. The van der Waals surface area contributed by atoms with Crippen LogP contribution in [0.3, 0.4) is 0 Å². The van der Waals surface area contributed by atoms with E-state index < -0.39 is 0 Å². The highest BCUT2D eigenvalue weighted by Crippen LogP contribution is 2.14. The molecule has 0 radical (unpaired) electrons. The number of nitrogens with two attached hydrogens (primary N) is 1. The summed E-state index contributed by atoms with van der Waals surface area (Å²) in [5.41, 5.74) is 8.78. The third kappa shape index (κ3) is 1.16. The normalized spacial score (nSPS) is 14.8. The average molecular weight is 182 g/mol. The van der Waals surface area contributed by atoms with E-state index in [1.807, 2.05) is 0 Å². The van der Waals surface area contributed by atoms with Crippen LogP contribution in [0.25, 0.3) is 0 Å². The Labute approximate surface area is 75.2 Å². The lowest BCUT2D eigenvalue weighted by Gasteiger charge is -2.02. The van der Waals surface area contributed by atoms with Gasteiger partial charge in [0.15, 0.2) is 4.77 Å². The predicted octanol–water partition coefficient (Wildman–Crippen LogP) is 0.201. The first-order valence-corrected chi connectivity index (χ1v) is 4.24. The maximum absolute atomic E-state index is 5.54. The third-order valence-electron chi connectivity index (χ3n) is 2.00. The summed E-state index contributed by atoms with van der Waals surface area (Å²) >= 11 is 4.96. The van der Waals surface area contributed by atoms with Crippen molar-refractivity contribution in [2.45, 2.75) is 19.6 Å². The van der Waals surface area contributed by atoms with Gasteiger partial charge in [-0.25, -0.2) is 4.98 Å². The van der Waals surface area contributed by atoms with Crippen LogP contribution in [0.1, 0.15) is 17.0 Å². The van der Waals surface area contributed by atoms with Crippen molar-refractivity contribution in [3.05, 3.63) is 21.7 Å². The largest absolute Gasteiger partial charge is 0.333 e. The smallest absolute Gasteiger partial charge is 0.197 e. The first-order valence-electron chi connectivity index (χ1n) is 3.83. The molecule has 0 spiro atoms. The zero-order valence-electron chi connectivity index (χ0n) is 6.55. The number of H-pyrrole nitrogens is 1. The van der Waals surface area contributed by atoms with Gasteiger partial charge in [-0.2, -0.15) is 0 Å². The maximum Gasteiger partial charge on any atom is 0.197 e. The number of fused-ring (bicyclic) bond motifs is 1. The van der Waals surface area contributed by atoms with Gasteiger partial charge in [0.2, 0.25) is 0 Å². The molecular weight excluding hydrogens is 172 g/mol. The fraction of sp³-hybridized carbons (Fsp3) is 0.429. The molecule has 1 aromatic heterocycles. The number of hydrogen-bond acceptors (Lipinski definition) is 4. The Kier molecular flexibility index (Phi) is 1.92. The molecule has 2 heterocycles. The number of nitrogens with one attached hydrogen (secondary N) is 2. The van der Waals surface area contributed by atoms with E-state index in [9.17, 15) is 0 Å². The van der Waals surface area contributed by atoms with Crippen LogP contribution in [0, 0.1) is 4.77 Å². The van der Waals surface area contributed by atoms with Gasteiger partial charge >= 0.3 is 0 Å². The SMILES string of the molecule is NCc1nc(=S)[nH]c2c1CNC2. The molecule has 0 atom stereocenters. The quantitative estimate of drug-likeness (QED) is 0.543. The molecule has 0 amide bonds. The van der Waals surface area contributed by atoms with E-state index in [4.69, 9.17) is 18.0 Å². The number of rotatable bonds is 1. The third-order valence-corrected chi connectivity index (χ3v) is 2.20. The van der Waals surface area contributed by atoms with Crippen LogP contribution < -0.4 is 11.1 Å². The Morgan fingerprint density at radius 2 is 2.33 bits per heavy atom.